The van der Waals surface area contributed by atoms with Crippen molar-refractivity contribution in [3.8, 4) is 16.8 Å². The van der Waals surface area contributed by atoms with Gasteiger partial charge in [-0.2, -0.15) is 0 Å². The number of aromatic nitrogens is 1. The van der Waals surface area contributed by atoms with Gasteiger partial charge in [0.05, 0.1) is 16.4 Å². The Labute approximate surface area is 298 Å². The lowest BCUT2D eigenvalue weighted by molar-refractivity contribution is 0.768. The molecule has 0 amide bonds. The highest BCUT2D eigenvalue weighted by Gasteiger charge is 2.46. The molecule has 0 saturated carbocycles. The van der Waals surface area contributed by atoms with Crippen LogP contribution in [0.1, 0.15) is 22.3 Å². The fourth-order valence-corrected chi connectivity index (χ4v) is 8.55. The molecule has 0 fully saturated rings. The van der Waals surface area contributed by atoms with Crippen LogP contribution in [0.3, 0.4) is 0 Å². The summed E-state index contributed by atoms with van der Waals surface area (Å²) in [6.45, 7) is 0. The maximum absolute atomic E-state index is 2.44. The van der Waals surface area contributed by atoms with Gasteiger partial charge in [0.1, 0.15) is 0 Å². The molecular weight excluding hydrogens is 617 g/mol. The van der Waals surface area contributed by atoms with Crippen LogP contribution in [0.25, 0.3) is 38.6 Å². The Kier molecular flexibility index (Phi) is 6.75. The van der Waals surface area contributed by atoms with Crippen LogP contribution in [0.15, 0.2) is 206 Å². The van der Waals surface area contributed by atoms with Crippen molar-refractivity contribution in [2.75, 3.05) is 4.90 Å². The number of benzene rings is 8. The predicted octanol–water partition coefficient (Wildman–Crippen LogP) is 12.6. The Bertz CT molecular complexity index is 2640. The first-order chi connectivity index (χ1) is 25.3. The minimum atomic E-state index is -0.476. The van der Waals surface area contributed by atoms with Crippen molar-refractivity contribution in [2.24, 2.45) is 0 Å². The molecule has 51 heavy (non-hydrogen) atoms. The third-order valence-corrected chi connectivity index (χ3v) is 10.6. The van der Waals surface area contributed by atoms with Crippen molar-refractivity contribution >= 4 is 38.9 Å². The zero-order valence-corrected chi connectivity index (χ0v) is 28.0. The van der Waals surface area contributed by atoms with Crippen molar-refractivity contribution < 1.29 is 0 Å². The van der Waals surface area contributed by atoms with E-state index in [1.165, 1.54) is 55.2 Å². The molecule has 1 aromatic heterocycles. The predicted molar refractivity (Wildman–Crippen MR) is 213 cm³/mol. The normalized spacial score (nSPS) is 12.9. The minimum Gasteiger partial charge on any atom is -0.310 e. The van der Waals surface area contributed by atoms with E-state index in [4.69, 9.17) is 0 Å². The number of nitrogens with zero attached hydrogens (tertiary/aromatic N) is 2. The van der Waals surface area contributed by atoms with Crippen LogP contribution in [0.4, 0.5) is 17.1 Å². The summed E-state index contributed by atoms with van der Waals surface area (Å²) in [5.41, 5.74) is 14.1. The molecule has 0 atom stereocenters. The molecule has 240 valence electrons. The molecular formula is C49H34N2. The number of para-hydroxylation sites is 3. The van der Waals surface area contributed by atoms with Crippen LogP contribution < -0.4 is 4.90 Å². The van der Waals surface area contributed by atoms with E-state index in [1.54, 1.807) is 0 Å². The molecule has 1 heterocycles. The second kappa shape index (κ2) is 11.8. The molecule has 0 aliphatic heterocycles. The van der Waals surface area contributed by atoms with Crippen LogP contribution in [-0.2, 0) is 5.41 Å². The third kappa shape index (κ3) is 4.43. The number of fused-ring (bicyclic) bond motifs is 6. The standard InChI is InChI=1S/C49H34N2/c1-5-17-35(18-6-1)49(36-19-7-2-8-20-36)45-27-15-13-25-41(45)42-31-29-39(33-46(42)49)50(37-21-9-3-10-22-37)40-30-32-44-43-26-14-16-28-47(43)51(48(44)34-40)38-23-11-4-12-24-38/h1-34H. The van der Waals surface area contributed by atoms with Crippen LogP contribution in [0.5, 0.6) is 0 Å². The Balaban J connectivity index is 1.25. The molecule has 1 aliphatic rings. The largest absolute Gasteiger partial charge is 0.310 e. The molecule has 0 N–H and O–H groups in total. The lowest BCUT2D eigenvalue weighted by Gasteiger charge is -2.35. The maximum Gasteiger partial charge on any atom is 0.0714 e. The number of hydrogen-bond acceptors (Lipinski definition) is 1. The summed E-state index contributed by atoms with van der Waals surface area (Å²) in [5, 5.41) is 2.49. The van der Waals surface area contributed by atoms with Gasteiger partial charge in [-0.3, -0.25) is 0 Å². The van der Waals surface area contributed by atoms with Gasteiger partial charge in [-0.1, -0.05) is 152 Å². The summed E-state index contributed by atoms with van der Waals surface area (Å²) >= 11 is 0. The van der Waals surface area contributed by atoms with Gasteiger partial charge in [0.2, 0.25) is 0 Å². The molecule has 0 saturated heterocycles. The van der Waals surface area contributed by atoms with E-state index in [0.29, 0.717) is 0 Å². The molecule has 8 aromatic carbocycles. The summed E-state index contributed by atoms with van der Waals surface area (Å²) in [4.78, 5) is 2.41. The number of hydrogen-bond donors (Lipinski definition) is 0. The van der Waals surface area contributed by atoms with E-state index in [-0.39, 0.29) is 0 Å². The number of rotatable bonds is 6. The lowest BCUT2D eigenvalue weighted by atomic mass is 9.67. The second-order valence-corrected chi connectivity index (χ2v) is 13.3. The Hall–Kier alpha value is -6.64. The zero-order chi connectivity index (χ0) is 33.8. The van der Waals surface area contributed by atoms with E-state index in [1.807, 2.05) is 0 Å². The fourth-order valence-electron chi connectivity index (χ4n) is 8.55. The highest BCUT2D eigenvalue weighted by atomic mass is 15.1. The molecule has 0 unspecified atom stereocenters. The summed E-state index contributed by atoms with van der Waals surface area (Å²) in [5.74, 6) is 0. The van der Waals surface area contributed by atoms with Crippen LogP contribution in [0, 0.1) is 0 Å². The highest BCUT2D eigenvalue weighted by Crippen LogP contribution is 2.57. The maximum atomic E-state index is 2.44. The van der Waals surface area contributed by atoms with Crippen molar-refractivity contribution in [1.29, 1.82) is 0 Å². The summed E-state index contributed by atoms with van der Waals surface area (Å²) in [6.07, 6.45) is 0. The molecule has 0 radical (unpaired) electrons. The van der Waals surface area contributed by atoms with Gasteiger partial charge in [0.25, 0.3) is 0 Å². The smallest absolute Gasteiger partial charge is 0.0714 e. The quantitative estimate of drug-likeness (QED) is 0.174. The van der Waals surface area contributed by atoms with E-state index in [2.05, 4.69) is 216 Å². The molecule has 9 aromatic rings. The van der Waals surface area contributed by atoms with E-state index in [9.17, 15) is 0 Å². The molecule has 2 heteroatoms. The Morgan fingerprint density at radius 2 is 0.882 bits per heavy atom. The first-order valence-electron chi connectivity index (χ1n) is 17.6. The van der Waals surface area contributed by atoms with Crippen LogP contribution in [0.2, 0.25) is 0 Å². The van der Waals surface area contributed by atoms with Crippen LogP contribution in [-0.4, -0.2) is 4.57 Å². The van der Waals surface area contributed by atoms with Gasteiger partial charge in [-0.25, -0.2) is 0 Å². The Morgan fingerprint density at radius 1 is 0.353 bits per heavy atom. The van der Waals surface area contributed by atoms with Crippen molar-refractivity contribution in [1.82, 2.24) is 4.57 Å². The van der Waals surface area contributed by atoms with Gasteiger partial charge in [-0.05, 0) is 88.0 Å². The minimum absolute atomic E-state index is 0.476. The zero-order valence-electron chi connectivity index (χ0n) is 28.0. The fraction of sp³-hybridized carbons (Fsp3) is 0.0204. The summed E-state index contributed by atoms with van der Waals surface area (Å²) in [7, 11) is 0. The second-order valence-electron chi connectivity index (χ2n) is 13.3. The molecule has 1 aliphatic carbocycles. The molecule has 10 rings (SSSR count). The molecule has 2 nitrogen and oxygen atoms in total. The van der Waals surface area contributed by atoms with Crippen molar-refractivity contribution in [2.45, 2.75) is 5.41 Å². The third-order valence-electron chi connectivity index (χ3n) is 10.6. The van der Waals surface area contributed by atoms with Gasteiger partial charge >= 0.3 is 0 Å². The van der Waals surface area contributed by atoms with Gasteiger partial charge in [-0.15, -0.1) is 0 Å². The Morgan fingerprint density at radius 3 is 1.61 bits per heavy atom. The van der Waals surface area contributed by atoms with E-state index < -0.39 is 5.41 Å². The summed E-state index contributed by atoms with van der Waals surface area (Å²) in [6, 6.07) is 75.2. The average molecular weight is 651 g/mol. The van der Waals surface area contributed by atoms with Crippen molar-refractivity contribution in [3.05, 3.63) is 229 Å². The molecule has 0 spiro atoms. The van der Waals surface area contributed by atoms with E-state index >= 15 is 0 Å². The molecule has 0 bridgehead atoms. The SMILES string of the molecule is c1ccc(N(c2ccc3c(c2)C(c2ccccc2)(c2ccccc2)c2ccccc2-3)c2ccc3c4ccccc4n(-c4ccccc4)c3c2)cc1. The van der Waals surface area contributed by atoms with E-state index in [0.717, 1.165) is 22.7 Å². The van der Waals surface area contributed by atoms with Gasteiger partial charge in [0.15, 0.2) is 0 Å². The highest BCUT2D eigenvalue weighted by molar-refractivity contribution is 6.10. The van der Waals surface area contributed by atoms with Gasteiger partial charge < -0.3 is 9.47 Å². The monoisotopic (exact) mass is 650 g/mol. The number of anilines is 3. The first kappa shape index (κ1) is 29.3. The average Bonchev–Trinajstić information content (AvgIpc) is 3.70. The first-order valence-corrected chi connectivity index (χ1v) is 17.6. The summed E-state index contributed by atoms with van der Waals surface area (Å²) < 4.78 is 2.40. The van der Waals surface area contributed by atoms with Gasteiger partial charge in [0, 0.05) is 33.5 Å². The topological polar surface area (TPSA) is 8.17 Å². The van der Waals surface area contributed by atoms with Crippen molar-refractivity contribution in [3.63, 3.8) is 0 Å². The lowest BCUT2D eigenvalue weighted by Crippen LogP contribution is -2.28. The van der Waals surface area contributed by atoms with Crippen LogP contribution >= 0.6 is 0 Å².